The number of amides is 1. The van der Waals surface area contributed by atoms with E-state index in [0.29, 0.717) is 62.2 Å². The molecule has 0 aliphatic rings. The molecule has 3 aromatic heterocycles. The smallest absolute Gasteiger partial charge is 0.306 e. The molecule has 0 fully saturated rings. The summed E-state index contributed by atoms with van der Waals surface area (Å²) in [6.07, 6.45) is 1.96. The van der Waals surface area contributed by atoms with Gasteiger partial charge in [0, 0.05) is 47.0 Å². The van der Waals surface area contributed by atoms with Gasteiger partial charge in [0.05, 0.1) is 53.3 Å². The molecule has 0 spiro atoms. The van der Waals surface area contributed by atoms with Crippen molar-refractivity contribution in [1.29, 1.82) is 0 Å². The number of fused-ring (bicyclic) bond motifs is 2. The maximum absolute atomic E-state index is 14.7. The van der Waals surface area contributed by atoms with Crippen LogP contribution in [0, 0.1) is 11.6 Å². The average molecular weight is 671 g/mol. The Morgan fingerprint density at radius 3 is 2.52 bits per heavy atom. The van der Waals surface area contributed by atoms with E-state index in [2.05, 4.69) is 10.3 Å². The number of H-pyrrole nitrogens is 1. The number of aromatic amines is 1. The summed E-state index contributed by atoms with van der Waals surface area (Å²) in [6, 6.07) is 19.1. The van der Waals surface area contributed by atoms with Crippen LogP contribution in [-0.2, 0) is 27.3 Å². The van der Waals surface area contributed by atoms with E-state index in [0.717, 1.165) is 5.56 Å². The van der Waals surface area contributed by atoms with Crippen molar-refractivity contribution in [2.24, 2.45) is 0 Å². The molecule has 12 heteroatoms. The molecular formula is C36H32F2N4O5S. The SMILES string of the molecule is CCOC(=O)CCc1ccc(-c2cc3c(C(=O)NC)c(-c4ccc(F)cc4)oc3cc2N(C)[S+](C)[O-])nc1-c1cc2c(F)cccc2[nH]1. The fourth-order valence-corrected chi connectivity index (χ4v) is 6.11. The van der Waals surface area contributed by atoms with Crippen molar-refractivity contribution < 1.29 is 32.1 Å². The Labute approximate surface area is 278 Å². The molecule has 246 valence electrons. The first-order valence-electron chi connectivity index (χ1n) is 15.2. The normalized spacial score (nSPS) is 12.0. The predicted molar refractivity (Wildman–Crippen MR) is 183 cm³/mol. The minimum Gasteiger partial charge on any atom is -0.593 e. The van der Waals surface area contributed by atoms with Gasteiger partial charge in [0.25, 0.3) is 5.91 Å². The number of aromatic nitrogens is 2. The first-order chi connectivity index (χ1) is 23.1. The Kier molecular flexibility index (Phi) is 9.20. The van der Waals surface area contributed by atoms with Crippen molar-refractivity contribution in [3.8, 4) is 34.0 Å². The van der Waals surface area contributed by atoms with Gasteiger partial charge in [-0.05, 0) is 73.5 Å². The van der Waals surface area contributed by atoms with Crippen LogP contribution in [0.3, 0.4) is 0 Å². The highest BCUT2D eigenvalue weighted by Crippen LogP contribution is 2.42. The van der Waals surface area contributed by atoms with Crippen LogP contribution in [0.15, 0.2) is 77.2 Å². The molecule has 48 heavy (non-hydrogen) atoms. The highest BCUT2D eigenvalue weighted by atomic mass is 32.2. The van der Waals surface area contributed by atoms with Gasteiger partial charge in [0.2, 0.25) is 0 Å². The van der Waals surface area contributed by atoms with Gasteiger partial charge in [-0.3, -0.25) is 9.59 Å². The number of esters is 1. The molecule has 0 bridgehead atoms. The number of rotatable bonds is 10. The van der Waals surface area contributed by atoms with Crippen molar-refractivity contribution in [2.75, 3.05) is 31.3 Å². The number of nitrogens with one attached hydrogen (secondary N) is 2. The molecule has 1 unspecified atom stereocenters. The molecule has 9 nitrogen and oxygen atoms in total. The van der Waals surface area contributed by atoms with Gasteiger partial charge in [-0.2, -0.15) is 4.31 Å². The molecule has 0 aliphatic heterocycles. The average Bonchev–Trinajstić information content (AvgIpc) is 3.69. The third kappa shape index (κ3) is 6.24. The zero-order chi connectivity index (χ0) is 34.1. The van der Waals surface area contributed by atoms with Crippen LogP contribution in [0.4, 0.5) is 14.5 Å². The van der Waals surface area contributed by atoms with Crippen LogP contribution in [0.25, 0.3) is 55.8 Å². The largest absolute Gasteiger partial charge is 0.593 e. The van der Waals surface area contributed by atoms with Crippen LogP contribution in [0.5, 0.6) is 0 Å². The van der Waals surface area contributed by atoms with Gasteiger partial charge < -0.3 is 24.0 Å². The molecule has 3 heterocycles. The van der Waals surface area contributed by atoms with Gasteiger partial charge in [0.15, 0.2) is 0 Å². The van der Waals surface area contributed by atoms with Crippen LogP contribution < -0.4 is 9.62 Å². The number of nitrogens with zero attached hydrogens (tertiary/aromatic N) is 2. The van der Waals surface area contributed by atoms with E-state index in [1.54, 1.807) is 54.7 Å². The zero-order valence-corrected chi connectivity index (χ0v) is 27.5. The highest BCUT2D eigenvalue weighted by molar-refractivity contribution is 7.92. The van der Waals surface area contributed by atoms with E-state index in [1.165, 1.54) is 43.6 Å². The lowest BCUT2D eigenvalue weighted by molar-refractivity contribution is -0.143. The van der Waals surface area contributed by atoms with Crippen molar-refractivity contribution in [3.05, 3.63) is 95.6 Å². The van der Waals surface area contributed by atoms with Gasteiger partial charge in [-0.1, -0.05) is 12.1 Å². The Morgan fingerprint density at radius 2 is 1.83 bits per heavy atom. The van der Waals surface area contributed by atoms with Crippen LogP contribution in [0.2, 0.25) is 0 Å². The Bertz CT molecular complexity index is 2160. The number of pyridine rings is 1. The standard InChI is InChI=1S/C36H32F2N4O5S/c1-5-46-32(43)16-12-20-11-15-28(41-34(20)29-18-23-26(38)7-6-8-27(23)40-29)24-17-25-31(19-30(24)42(3)48(4)45)47-35(33(25)36(44)39-2)21-9-13-22(37)14-10-21/h6-11,13-15,17-19,40H,5,12,16H2,1-4H3,(H,39,44). The molecule has 6 aromatic rings. The first-order valence-corrected chi connectivity index (χ1v) is 16.7. The molecule has 3 aromatic carbocycles. The van der Waals surface area contributed by atoms with Crippen LogP contribution >= 0.6 is 0 Å². The number of ether oxygens (including phenoxy) is 1. The molecule has 1 atom stereocenters. The minimum absolute atomic E-state index is 0.113. The van der Waals surface area contributed by atoms with Gasteiger partial charge >= 0.3 is 5.97 Å². The summed E-state index contributed by atoms with van der Waals surface area (Å²) in [5.41, 5.74) is 4.93. The van der Waals surface area contributed by atoms with Crippen molar-refractivity contribution in [2.45, 2.75) is 19.8 Å². The molecule has 0 aliphatic carbocycles. The first kappa shape index (κ1) is 32.7. The number of hydrogen-bond acceptors (Lipinski definition) is 7. The summed E-state index contributed by atoms with van der Waals surface area (Å²) in [4.78, 5) is 33.9. The summed E-state index contributed by atoms with van der Waals surface area (Å²) in [5.74, 6) is -1.34. The Balaban J connectivity index is 1.58. The molecule has 2 N–H and O–H groups in total. The lowest BCUT2D eigenvalue weighted by Gasteiger charge is -2.22. The predicted octanol–water partition coefficient (Wildman–Crippen LogP) is 7.17. The van der Waals surface area contributed by atoms with E-state index in [1.807, 2.05) is 6.07 Å². The summed E-state index contributed by atoms with van der Waals surface area (Å²) in [6.45, 7) is 2.00. The minimum atomic E-state index is -1.46. The maximum Gasteiger partial charge on any atom is 0.306 e. The molecule has 1 amide bonds. The summed E-state index contributed by atoms with van der Waals surface area (Å²) < 4.78 is 54.3. The fourth-order valence-electron chi connectivity index (χ4n) is 5.68. The quantitative estimate of drug-likeness (QED) is 0.117. The van der Waals surface area contributed by atoms with Crippen molar-refractivity contribution in [3.63, 3.8) is 0 Å². The number of carbonyl (C=O) groups is 2. The Morgan fingerprint density at radius 1 is 1.06 bits per heavy atom. The summed E-state index contributed by atoms with van der Waals surface area (Å²) in [7, 11) is 3.17. The number of hydrogen-bond donors (Lipinski definition) is 2. The summed E-state index contributed by atoms with van der Waals surface area (Å²) in [5, 5.41) is 3.52. The fraction of sp³-hybridized carbons (Fsp3) is 0.194. The van der Waals surface area contributed by atoms with Crippen LogP contribution in [0.1, 0.15) is 29.3 Å². The third-order valence-corrected chi connectivity index (χ3v) is 9.08. The number of anilines is 1. The van der Waals surface area contributed by atoms with E-state index >= 15 is 0 Å². The lowest BCUT2D eigenvalue weighted by atomic mass is 9.99. The Hall–Kier alpha value is -5.20. The second-order valence-corrected chi connectivity index (χ2v) is 12.5. The van der Waals surface area contributed by atoms with Gasteiger partial charge in [-0.15, -0.1) is 0 Å². The van der Waals surface area contributed by atoms with Crippen LogP contribution in [-0.4, -0.2) is 53.4 Å². The number of aryl methyl sites for hydroxylation is 1. The highest BCUT2D eigenvalue weighted by Gasteiger charge is 2.27. The van der Waals surface area contributed by atoms with Crippen molar-refractivity contribution in [1.82, 2.24) is 15.3 Å². The summed E-state index contributed by atoms with van der Waals surface area (Å²) >= 11 is -1.46. The van der Waals surface area contributed by atoms with E-state index in [9.17, 15) is 22.9 Å². The van der Waals surface area contributed by atoms with E-state index in [-0.39, 0.29) is 30.3 Å². The maximum atomic E-state index is 14.7. The second kappa shape index (κ2) is 13.5. The third-order valence-electron chi connectivity index (χ3n) is 8.12. The van der Waals surface area contributed by atoms with E-state index < -0.39 is 28.9 Å². The molecule has 0 saturated carbocycles. The number of carbonyl (C=O) groups excluding carboxylic acids is 2. The molecule has 0 radical (unpaired) electrons. The van der Waals surface area contributed by atoms with Gasteiger partial charge in [-0.25, -0.2) is 13.8 Å². The molecular weight excluding hydrogens is 638 g/mol. The molecule has 6 rings (SSSR count). The lowest BCUT2D eigenvalue weighted by Crippen LogP contribution is -2.25. The number of furan rings is 1. The zero-order valence-electron chi connectivity index (χ0n) is 26.6. The number of benzene rings is 3. The van der Waals surface area contributed by atoms with Crippen molar-refractivity contribution >= 4 is 50.8 Å². The van der Waals surface area contributed by atoms with Gasteiger partial charge in [0.1, 0.15) is 29.2 Å². The molecule has 0 saturated heterocycles. The van der Waals surface area contributed by atoms with E-state index in [4.69, 9.17) is 14.1 Å². The second-order valence-electron chi connectivity index (χ2n) is 11.1. The number of halogens is 2. The topological polar surface area (TPSA) is 124 Å². The monoisotopic (exact) mass is 670 g/mol.